The normalized spacial score (nSPS) is 20.0. The fourth-order valence-electron chi connectivity index (χ4n) is 2.30. The number of hydrogen-bond donors (Lipinski definition) is 0. The zero-order chi connectivity index (χ0) is 13.7. The smallest absolute Gasteiger partial charge is 0.225 e. The van der Waals surface area contributed by atoms with Crippen molar-refractivity contribution in [3.63, 3.8) is 0 Å². The summed E-state index contributed by atoms with van der Waals surface area (Å²) in [6.07, 6.45) is 5.53. The fraction of sp³-hybridized carbons (Fsp3) is 0.643. The first kappa shape index (κ1) is 13.9. The molecule has 1 aliphatic heterocycles. The first-order valence-corrected chi connectivity index (χ1v) is 6.87. The van der Waals surface area contributed by atoms with E-state index in [2.05, 4.69) is 26.7 Å². The Morgan fingerprint density at radius 2 is 1.89 bits per heavy atom. The molecule has 1 atom stereocenters. The summed E-state index contributed by atoms with van der Waals surface area (Å²) < 4.78 is 0. The second-order valence-corrected chi connectivity index (χ2v) is 5.44. The topological polar surface area (TPSA) is 49.3 Å². The number of rotatable bonds is 5. The van der Waals surface area contributed by atoms with Crippen LogP contribution in [0.1, 0.15) is 20.3 Å². The Hall–Kier alpha value is -1.49. The molecule has 0 spiro atoms. The minimum absolute atomic E-state index is 0.217. The molecule has 0 amide bonds. The molecule has 1 aromatic rings. The molecule has 0 saturated carbocycles. The predicted octanol–water partition coefficient (Wildman–Crippen LogP) is 1.21. The van der Waals surface area contributed by atoms with Gasteiger partial charge in [-0.05, 0) is 12.5 Å². The van der Waals surface area contributed by atoms with Crippen LogP contribution in [0.15, 0.2) is 18.5 Å². The lowest BCUT2D eigenvalue weighted by Gasteiger charge is -2.38. The number of piperazine rings is 1. The van der Waals surface area contributed by atoms with Crippen LogP contribution in [0.3, 0.4) is 0 Å². The quantitative estimate of drug-likeness (QED) is 0.747. The van der Waals surface area contributed by atoms with Gasteiger partial charge in [0.05, 0.1) is 0 Å². The van der Waals surface area contributed by atoms with E-state index in [0.29, 0.717) is 0 Å². The summed E-state index contributed by atoms with van der Waals surface area (Å²) in [6, 6.07) is 1.83. The van der Waals surface area contributed by atoms with E-state index in [0.717, 1.165) is 51.4 Å². The Balaban J connectivity index is 1.88. The molecule has 0 N–H and O–H groups in total. The molecule has 0 bridgehead atoms. The minimum atomic E-state index is -0.217. The predicted molar refractivity (Wildman–Crippen MR) is 75.1 cm³/mol. The zero-order valence-corrected chi connectivity index (χ0v) is 11.7. The van der Waals surface area contributed by atoms with Gasteiger partial charge in [0.1, 0.15) is 6.29 Å². The molecule has 5 heteroatoms. The molecule has 1 fully saturated rings. The summed E-state index contributed by atoms with van der Waals surface area (Å²) >= 11 is 0. The summed E-state index contributed by atoms with van der Waals surface area (Å²) in [5.41, 5.74) is -0.217. The van der Waals surface area contributed by atoms with Gasteiger partial charge in [0.25, 0.3) is 0 Å². The molecule has 1 saturated heterocycles. The maximum atomic E-state index is 11.2. The van der Waals surface area contributed by atoms with Gasteiger partial charge in [-0.3, -0.25) is 4.90 Å². The van der Waals surface area contributed by atoms with E-state index in [-0.39, 0.29) is 5.41 Å². The van der Waals surface area contributed by atoms with Crippen LogP contribution in [0.2, 0.25) is 0 Å². The highest BCUT2D eigenvalue weighted by Gasteiger charge is 2.27. The number of aldehydes is 1. The second-order valence-electron chi connectivity index (χ2n) is 5.44. The highest BCUT2D eigenvalue weighted by Crippen LogP contribution is 2.20. The van der Waals surface area contributed by atoms with Crippen molar-refractivity contribution in [3.05, 3.63) is 18.5 Å². The average molecular weight is 262 g/mol. The Kier molecular flexibility index (Phi) is 4.47. The summed E-state index contributed by atoms with van der Waals surface area (Å²) in [6.45, 7) is 8.71. The van der Waals surface area contributed by atoms with Gasteiger partial charge < -0.3 is 9.69 Å². The lowest BCUT2D eigenvalue weighted by molar-refractivity contribution is -0.116. The minimum Gasteiger partial charge on any atom is -0.338 e. The Morgan fingerprint density at radius 3 is 2.42 bits per heavy atom. The third kappa shape index (κ3) is 3.50. The van der Waals surface area contributed by atoms with E-state index in [1.807, 2.05) is 13.0 Å². The van der Waals surface area contributed by atoms with E-state index in [9.17, 15) is 4.79 Å². The van der Waals surface area contributed by atoms with Crippen LogP contribution in [-0.4, -0.2) is 53.9 Å². The second kappa shape index (κ2) is 6.10. The fourth-order valence-corrected chi connectivity index (χ4v) is 2.30. The Morgan fingerprint density at radius 1 is 1.26 bits per heavy atom. The van der Waals surface area contributed by atoms with Crippen molar-refractivity contribution < 1.29 is 4.79 Å². The SMILES string of the molecule is CCC(C)(C=O)CN1CCN(c2ncccn2)CC1. The van der Waals surface area contributed by atoms with Crippen LogP contribution in [0.5, 0.6) is 0 Å². The molecule has 2 heterocycles. The van der Waals surface area contributed by atoms with Crippen molar-refractivity contribution in [1.82, 2.24) is 14.9 Å². The number of aromatic nitrogens is 2. The number of hydrogen-bond acceptors (Lipinski definition) is 5. The van der Waals surface area contributed by atoms with Crippen molar-refractivity contribution in [1.29, 1.82) is 0 Å². The Bertz CT molecular complexity index is 403. The largest absolute Gasteiger partial charge is 0.338 e. The highest BCUT2D eigenvalue weighted by atomic mass is 16.1. The van der Waals surface area contributed by atoms with Crippen LogP contribution in [0, 0.1) is 5.41 Å². The first-order chi connectivity index (χ1) is 9.17. The lowest BCUT2D eigenvalue weighted by atomic mass is 9.88. The molecule has 1 aliphatic rings. The monoisotopic (exact) mass is 262 g/mol. The van der Waals surface area contributed by atoms with Gasteiger partial charge in [0.2, 0.25) is 5.95 Å². The van der Waals surface area contributed by atoms with Crippen LogP contribution < -0.4 is 4.90 Å². The van der Waals surface area contributed by atoms with Gasteiger partial charge in [-0.1, -0.05) is 13.8 Å². The molecule has 1 aromatic heterocycles. The van der Waals surface area contributed by atoms with Crippen molar-refractivity contribution >= 4 is 12.2 Å². The van der Waals surface area contributed by atoms with Crippen molar-refractivity contribution in [2.75, 3.05) is 37.6 Å². The number of anilines is 1. The Labute approximate surface area is 114 Å². The summed E-state index contributed by atoms with van der Waals surface area (Å²) in [5, 5.41) is 0. The highest BCUT2D eigenvalue weighted by molar-refractivity contribution is 5.58. The summed E-state index contributed by atoms with van der Waals surface area (Å²) in [7, 11) is 0. The molecule has 19 heavy (non-hydrogen) atoms. The molecular formula is C14H22N4O. The van der Waals surface area contributed by atoms with Crippen LogP contribution in [-0.2, 0) is 4.79 Å². The van der Waals surface area contributed by atoms with Crippen LogP contribution in [0.25, 0.3) is 0 Å². The van der Waals surface area contributed by atoms with E-state index < -0.39 is 0 Å². The molecule has 5 nitrogen and oxygen atoms in total. The maximum absolute atomic E-state index is 11.2. The summed E-state index contributed by atoms with van der Waals surface area (Å²) in [4.78, 5) is 24.3. The van der Waals surface area contributed by atoms with Gasteiger partial charge in [0.15, 0.2) is 0 Å². The van der Waals surface area contributed by atoms with Gasteiger partial charge >= 0.3 is 0 Å². The van der Waals surface area contributed by atoms with E-state index in [4.69, 9.17) is 0 Å². The summed E-state index contributed by atoms with van der Waals surface area (Å²) in [5.74, 6) is 0.802. The van der Waals surface area contributed by atoms with Crippen LogP contribution >= 0.6 is 0 Å². The lowest BCUT2D eigenvalue weighted by Crippen LogP contribution is -2.50. The molecule has 104 valence electrons. The molecule has 0 radical (unpaired) electrons. The number of carbonyl (C=O) groups is 1. The van der Waals surface area contributed by atoms with E-state index >= 15 is 0 Å². The van der Waals surface area contributed by atoms with Crippen molar-refractivity contribution in [2.45, 2.75) is 20.3 Å². The first-order valence-electron chi connectivity index (χ1n) is 6.87. The third-order valence-electron chi connectivity index (χ3n) is 3.88. The number of carbonyl (C=O) groups excluding carboxylic acids is 1. The third-order valence-corrected chi connectivity index (χ3v) is 3.88. The van der Waals surface area contributed by atoms with Gasteiger partial charge in [-0.15, -0.1) is 0 Å². The van der Waals surface area contributed by atoms with Crippen LogP contribution in [0.4, 0.5) is 5.95 Å². The molecule has 1 unspecified atom stereocenters. The molecule has 2 rings (SSSR count). The van der Waals surface area contributed by atoms with E-state index in [1.54, 1.807) is 12.4 Å². The van der Waals surface area contributed by atoms with Gasteiger partial charge in [-0.2, -0.15) is 0 Å². The molecule has 0 aromatic carbocycles. The van der Waals surface area contributed by atoms with E-state index in [1.165, 1.54) is 0 Å². The zero-order valence-electron chi connectivity index (χ0n) is 11.7. The maximum Gasteiger partial charge on any atom is 0.225 e. The molecular weight excluding hydrogens is 240 g/mol. The van der Waals surface area contributed by atoms with Crippen molar-refractivity contribution in [3.8, 4) is 0 Å². The number of nitrogens with zero attached hydrogens (tertiary/aromatic N) is 4. The van der Waals surface area contributed by atoms with Gasteiger partial charge in [0, 0.05) is 50.5 Å². The average Bonchev–Trinajstić information content (AvgIpc) is 2.49. The standard InChI is InChI=1S/C14H22N4O/c1-3-14(2,12-19)11-17-7-9-18(10-8-17)13-15-5-4-6-16-13/h4-6,12H,3,7-11H2,1-2H3. The molecule has 0 aliphatic carbocycles. The van der Waals surface area contributed by atoms with Gasteiger partial charge in [-0.25, -0.2) is 9.97 Å². The van der Waals surface area contributed by atoms with Crippen molar-refractivity contribution in [2.24, 2.45) is 5.41 Å².